The van der Waals surface area contributed by atoms with E-state index in [2.05, 4.69) is 0 Å². The van der Waals surface area contributed by atoms with Crippen LogP contribution in [0, 0.1) is 11.6 Å². The van der Waals surface area contributed by atoms with Crippen LogP contribution >= 0.6 is 11.6 Å². The maximum atomic E-state index is 12.8. The molecule has 84 valence electrons. The van der Waals surface area contributed by atoms with Gasteiger partial charge in [0.05, 0.1) is 5.92 Å². The Kier molecular flexibility index (Phi) is 3.93. The van der Waals surface area contributed by atoms with Crippen molar-refractivity contribution >= 4 is 11.6 Å². The average Bonchev–Trinajstić information content (AvgIpc) is 2.14. The van der Waals surface area contributed by atoms with Crippen LogP contribution in [0.2, 0.25) is 5.02 Å². The van der Waals surface area contributed by atoms with Crippen molar-refractivity contribution in [2.24, 2.45) is 5.73 Å². The molecule has 0 heterocycles. The lowest BCUT2D eigenvalue weighted by atomic mass is 9.99. The van der Waals surface area contributed by atoms with Gasteiger partial charge in [0, 0.05) is 11.6 Å². The van der Waals surface area contributed by atoms with E-state index in [0.29, 0.717) is 12.1 Å². The van der Waals surface area contributed by atoms with E-state index in [-0.39, 0.29) is 17.1 Å². The van der Waals surface area contributed by atoms with Gasteiger partial charge in [-0.3, -0.25) is 0 Å². The Morgan fingerprint density at radius 2 is 1.73 bits per heavy atom. The van der Waals surface area contributed by atoms with Crippen LogP contribution in [0.1, 0.15) is 11.5 Å². The van der Waals surface area contributed by atoms with Crippen molar-refractivity contribution in [3.8, 4) is 0 Å². The second-order valence-electron chi connectivity index (χ2n) is 2.96. The standard InChI is InChI=1S/C9H8ClF4N/c10-6-2-8(12)7(11)1-4(6)5(3-15)9(13)14/h1-2,5,9H,3,15H2. The molecule has 0 bridgehead atoms. The monoisotopic (exact) mass is 241 g/mol. The molecule has 0 aliphatic carbocycles. The molecule has 6 heteroatoms. The van der Waals surface area contributed by atoms with Crippen molar-refractivity contribution in [3.05, 3.63) is 34.4 Å². The highest BCUT2D eigenvalue weighted by atomic mass is 35.5. The second kappa shape index (κ2) is 4.81. The molecule has 0 amide bonds. The van der Waals surface area contributed by atoms with Crippen molar-refractivity contribution < 1.29 is 17.6 Å². The fourth-order valence-corrected chi connectivity index (χ4v) is 1.48. The van der Waals surface area contributed by atoms with Gasteiger partial charge >= 0.3 is 0 Å². The molecule has 0 aliphatic rings. The molecular formula is C9H8ClF4N. The summed E-state index contributed by atoms with van der Waals surface area (Å²) in [6.07, 6.45) is -2.77. The molecule has 1 atom stereocenters. The molecule has 2 N–H and O–H groups in total. The molecule has 0 saturated heterocycles. The molecule has 0 saturated carbocycles. The molecule has 15 heavy (non-hydrogen) atoms. The summed E-state index contributed by atoms with van der Waals surface area (Å²) in [7, 11) is 0. The molecule has 0 fully saturated rings. The van der Waals surface area contributed by atoms with Crippen molar-refractivity contribution in [1.29, 1.82) is 0 Å². The third-order valence-corrected chi connectivity index (χ3v) is 2.32. The predicted octanol–water partition coefficient (Wildman–Crippen LogP) is 2.93. The first-order chi connectivity index (χ1) is 6.97. The van der Waals surface area contributed by atoms with Crippen LogP contribution in [-0.4, -0.2) is 13.0 Å². The summed E-state index contributed by atoms with van der Waals surface area (Å²) in [5.41, 5.74) is 4.93. The van der Waals surface area contributed by atoms with Crippen molar-refractivity contribution in [2.75, 3.05) is 6.54 Å². The Balaban J connectivity index is 3.18. The van der Waals surface area contributed by atoms with Crippen LogP contribution in [0.5, 0.6) is 0 Å². The zero-order chi connectivity index (χ0) is 11.6. The molecule has 1 unspecified atom stereocenters. The Hall–Kier alpha value is -0.810. The third kappa shape index (κ3) is 2.60. The maximum Gasteiger partial charge on any atom is 0.246 e. The minimum atomic E-state index is -2.77. The molecule has 1 aromatic rings. The summed E-state index contributed by atoms with van der Waals surface area (Å²) >= 11 is 5.52. The van der Waals surface area contributed by atoms with E-state index >= 15 is 0 Å². The lowest BCUT2D eigenvalue weighted by Crippen LogP contribution is -2.20. The van der Waals surface area contributed by atoms with Crippen LogP contribution in [0.25, 0.3) is 0 Å². The lowest BCUT2D eigenvalue weighted by molar-refractivity contribution is 0.117. The summed E-state index contributed by atoms with van der Waals surface area (Å²) in [4.78, 5) is 0. The Morgan fingerprint density at radius 1 is 1.20 bits per heavy atom. The number of nitrogens with two attached hydrogens (primary N) is 1. The summed E-state index contributed by atoms with van der Waals surface area (Å²) in [5.74, 6) is -3.77. The molecule has 1 aromatic carbocycles. The Bertz CT molecular complexity index is 356. The maximum absolute atomic E-state index is 12.8. The van der Waals surface area contributed by atoms with Crippen molar-refractivity contribution in [3.63, 3.8) is 0 Å². The number of halogens is 5. The quantitative estimate of drug-likeness (QED) is 0.639. The van der Waals surface area contributed by atoms with Gasteiger partial charge in [0.1, 0.15) is 0 Å². The molecule has 0 aromatic heterocycles. The van der Waals surface area contributed by atoms with Gasteiger partial charge in [0.15, 0.2) is 11.6 Å². The van der Waals surface area contributed by atoms with Gasteiger partial charge < -0.3 is 5.73 Å². The van der Waals surface area contributed by atoms with Gasteiger partial charge in [-0.2, -0.15) is 0 Å². The van der Waals surface area contributed by atoms with Crippen LogP contribution in [-0.2, 0) is 0 Å². The fraction of sp³-hybridized carbons (Fsp3) is 0.333. The zero-order valence-corrected chi connectivity index (χ0v) is 8.24. The fourth-order valence-electron chi connectivity index (χ4n) is 1.19. The number of rotatable bonds is 3. The van der Waals surface area contributed by atoms with E-state index in [1.165, 1.54) is 0 Å². The molecule has 0 aliphatic heterocycles. The van der Waals surface area contributed by atoms with E-state index in [0.717, 1.165) is 0 Å². The van der Waals surface area contributed by atoms with E-state index in [1.807, 2.05) is 0 Å². The van der Waals surface area contributed by atoms with Gasteiger partial charge in [0.2, 0.25) is 6.43 Å². The van der Waals surface area contributed by atoms with Gasteiger partial charge in [-0.25, -0.2) is 17.6 Å². The highest BCUT2D eigenvalue weighted by molar-refractivity contribution is 6.31. The van der Waals surface area contributed by atoms with Gasteiger partial charge in [0.25, 0.3) is 0 Å². The second-order valence-corrected chi connectivity index (χ2v) is 3.37. The molecular weight excluding hydrogens is 234 g/mol. The van der Waals surface area contributed by atoms with Crippen LogP contribution in [0.3, 0.4) is 0 Å². The molecule has 1 rings (SSSR count). The van der Waals surface area contributed by atoms with Gasteiger partial charge in [-0.15, -0.1) is 0 Å². The van der Waals surface area contributed by atoms with Crippen molar-refractivity contribution in [1.82, 2.24) is 0 Å². The minimum absolute atomic E-state index is 0.173. The van der Waals surface area contributed by atoms with Crippen LogP contribution in [0.15, 0.2) is 12.1 Å². The van der Waals surface area contributed by atoms with E-state index in [4.69, 9.17) is 17.3 Å². The first-order valence-electron chi connectivity index (χ1n) is 4.10. The topological polar surface area (TPSA) is 26.0 Å². The molecule has 0 radical (unpaired) electrons. The number of alkyl halides is 2. The van der Waals surface area contributed by atoms with Gasteiger partial charge in [-0.05, 0) is 17.7 Å². The van der Waals surface area contributed by atoms with E-state index in [1.54, 1.807) is 0 Å². The smallest absolute Gasteiger partial charge is 0.246 e. The van der Waals surface area contributed by atoms with E-state index < -0.39 is 24.0 Å². The molecule has 1 nitrogen and oxygen atoms in total. The highest BCUT2D eigenvalue weighted by Gasteiger charge is 2.24. The van der Waals surface area contributed by atoms with Crippen molar-refractivity contribution in [2.45, 2.75) is 12.3 Å². The highest BCUT2D eigenvalue weighted by Crippen LogP contribution is 2.30. The summed E-state index contributed by atoms with van der Waals surface area (Å²) in [6.45, 7) is -0.386. The van der Waals surface area contributed by atoms with Crippen LogP contribution < -0.4 is 5.73 Å². The Labute approximate surface area is 88.8 Å². The van der Waals surface area contributed by atoms with Crippen LogP contribution in [0.4, 0.5) is 17.6 Å². The number of hydrogen-bond donors (Lipinski definition) is 1. The van der Waals surface area contributed by atoms with Gasteiger partial charge in [-0.1, -0.05) is 11.6 Å². The van der Waals surface area contributed by atoms with E-state index in [9.17, 15) is 17.6 Å². The zero-order valence-electron chi connectivity index (χ0n) is 7.48. The lowest BCUT2D eigenvalue weighted by Gasteiger charge is -2.15. The predicted molar refractivity (Wildman–Crippen MR) is 49.2 cm³/mol. The Morgan fingerprint density at radius 3 is 2.20 bits per heavy atom. The first-order valence-corrected chi connectivity index (χ1v) is 4.47. The average molecular weight is 242 g/mol. The first kappa shape index (κ1) is 12.3. The summed E-state index contributed by atoms with van der Waals surface area (Å²) < 4.78 is 50.3. The third-order valence-electron chi connectivity index (χ3n) is 2.00. The normalized spacial score (nSPS) is 13.3. The molecule has 0 spiro atoms. The number of hydrogen-bond acceptors (Lipinski definition) is 1. The number of benzene rings is 1. The SMILES string of the molecule is NCC(c1cc(F)c(F)cc1Cl)C(F)F. The largest absolute Gasteiger partial charge is 0.330 e. The minimum Gasteiger partial charge on any atom is -0.330 e. The summed E-state index contributed by atoms with van der Waals surface area (Å²) in [5, 5.41) is -0.246. The summed E-state index contributed by atoms with van der Waals surface area (Å²) in [6, 6.07) is 1.32.